The monoisotopic (exact) mass is 489 g/mol. The predicted octanol–water partition coefficient (Wildman–Crippen LogP) is 4.89. The minimum Gasteiger partial charge on any atom is -0.403 e. The fourth-order valence-corrected chi connectivity index (χ4v) is 5.46. The van der Waals surface area contributed by atoms with Crippen LogP contribution in [0.2, 0.25) is 0 Å². The number of carbonyl (C=O) groups is 1. The maximum absolute atomic E-state index is 12.7. The molecule has 2 heterocycles. The first-order valence-corrected chi connectivity index (χ1v) is 12.9. The summed E-state index contributed by atoms with van der Waals surface area (Å²) in [5, 5.41) is 2.75. The first kappa shape index (κ1) is 25.5. The Balaban J connectivity index is 1.69. The topological polar surface area (TPSA) is 66.0 Å². The highest BCUT2D eigenvalue weighted by molar-refractivity contribution is 6.51. The SMILES string of the molecule is CNC(=O)c1ccc2c(c1)C(B1OC(C)(C)C(C)(C)O1)c1ccccc1C2B1OC(C)(C)C(C)(C)O1. The Morgan fingerprint density at radius 1 is 0.667 bits per heavy atom. The van der Waals surface area contributed by atoms with Crippen LogP contribution in [0.25, 0.3) is 0 Å². The van der Waals surface area contributed by atoms with Crippen molar-refractivity contribution in [1.29, 1.82) is 0 Å². The second kappa shape index (κ2) is 8.19. The molecule has 1 amide bonds. The van der Waals surface area contributed by atoms with Gasteiger partial charge in [-0.2, -0.15) is 0 Å². The Bertz CT molecular complexity index is 1180. The van der Waals surface area contributed by atoms with Crippen LogP contribution in [-0.4, -0.2) is 49.6 Å². The van der Waals surface area contributed by atoms with Gasteiger partial charge in [0.15, 0.2) is 0 Å². The van der Waals surface area contributed by atoms with Crippen LogP contribution in [0.5, 0.6) is 0 Å². The van der Waals surface area contributed by atoms with Gasteiger partial charge in [-0.1, -0.05) is 30.3 Å². The molecule has 8 heteroatoms. The molecule has 2 atom stereocenters. The normalized spacial score (nSPS) is 26.9. The third kappa shape index (κ3) is 3.76. The molecule has 5 rings (SSSR count). The van der Waals surface area contributed by atoms with Crippen LogP contribution >= 0.6 is 0 Å². The van der Waals surface area contributed by atoms with E-state index >= 15 is 0 Å². The number of hydrogen-bond donors (Lipinski definition) is 1. The van der Waals surface area contributed by atoms with Gasteiger partial charge in [0, 0.05) is 24.2 Å². The van der Waals surface area contributed by atoms with Crippen molar-refractivity contribution in [3.63, 3.8) is 0 Å². The van der Waals surface area contributed by atoms with Crippen LogP contribution in [0.1, 0.15) is 99.6 Å². The maximum atomic E-state index is 12.7. The Kier molecular flexibility index (Phi) is 5.81. The van der Waals surface area contributed by atoms with E-state index in [1.807, 2.05) is 24.3 Å². The zero-order chi connectivity index (χ0) is 26.3. The van der Waals surface area contributed by atoms with Gasteiger partial charge in [-0.3, -0.25) is 4.79 Å². The van der Waals surface area contributed by atoms with Crippen molar-refractivity contribution in [3.8, 4) is 0 Å². The van der Waals surface area contributed by atoms with Crippen molar-refractivity contribution in [2.45, 2.75) is 89.4 Å². The van der Waals surface area contributed by atoms with Gasteiger partial charge in [-0.25, -0.2) is 0 Å². The second-order valence-electron chi connectivity index (χ2n) is 12.3. The van der Waals surface area contributed by atoms with Gasteiger partial charge in [0.05, 0.1) is 22.4 Å². The minimum absolute atomic E-state index is 0.128. The number of amides is 1. The van der Waals surface area contributed by atoms with Crippen LogP contribution in [0.3, 0.4) is 0 Å². The zero-order valence-electron chi connectivity index (χ0n) is 22.9. The lowest BCUT2D eigenvalue weighted by atomic mass is 9.51. The van der Waals surface area contributed by atoms with E-state index in [1.54, 1.807) is 7.05 Å². The van der Waals surface area contributed by atoms with E-state index in [9.17, 15) is 4.79 Å². The molecule has 2 fully saturated rings. The molecule has 0 aromatic heterocycles. The highest BCUT2D eigenvalue weighted by Gasteiger charge is 2.59. The molecule has 36 heavy (non-hydrogen) atoms. The first-order valence-electron chi connectivity index (χ1n) is 12.9. The summed E-state index contributed by atoms with van der Waals surface area (Å²) in [6, 6.07) is 14.3. The summed E-state index contributed by atoms with van der Waals surface area (Å²) in [5.41, 5.74) is 3.04. The molecule has 2 saturated heterocycles. The number of rotatable bonds is 3. The lowest BCUT2D eigenvalue weighted by molar-refractivity contribution is 0.00578. The van der Waals surface area contributed by atoms with Crippen molar-refractivity contribution < 1.29 is 23.4 Å². The molecular formula is C28H37B2NO5. The van der Waals surface area contributed by atoms with Crippen LogP contribution in [0.15, 0.2) is 42.5 Å². The molecule has 190 valence electrons. The summed E-state index contributed by atoms with van der Waals surface area (Å²) >= 11 is 0. The number of nitrogens with one attached hydrogen (secondary N) is 1. The first-order chi connectivity index (χ1) is 16.7. The molecule has 1 N–H and O–H groups in total. The number of benzene rings is 2. The maximum Gasteiger partial charge on any atom is 0.470 e. The van der Waals surface area contributed by atoms with Crippen LogP contribution in [0.4, 0.5) is 0 Å². The van der Waals surface area contributed by atoms with Gasteiger partial charge in [-0.15, -0.1) is 0 Å². The van der Waals surface area contributed by atoms with Crippen LogP contribution in [-0.2, 0) is 18.6 Å². The van der Waals surface area contributed by atoms with Crippen molar-refractivity contribution in [2.24, 2.45) is 0 Å². The largest absolute Gasteiger partial charge is 0.470 e. The van der Waals surface area contributed by atoms with E-state index in [-0.39, 0.29) is 17.5 Å². The lowest BCUT2D eigenvalue weighted by Crippen LogP contribution is -2.41. The van der Waals surface area contributed by atoms with E-state index in [4.69, 9.17) is 18.6 Å². The van der Waals surface area contributed by atoms with Gasteiger partial charge >= 0.3 is 14.2 Å². The molecule has 3 aliphatic rings. The Morgan fingerprint density at radius 3 is 1.47 bits per heavy atom. The van der Waals surface area contributed by atoms with E-state index in [2.05, 4.69) is 78.9 Å². The fraction of sp³-hybridized carbons (Fsp3) is 0.536. The highest BCUT2D eigenvalue weighted by atomic mass is 16.7. The molecular weight excluding hydrogens is 452 g/mol. The highest BCUT2D eigenvalue weighted by Crippen LogP contribution is 2.52. The van der Waals surface area contributed by atoms with Gasteiger partial charge in [0.1, 0.15) is 0 Å². The third-order valence-electron chi connectivity index (χ3n) is 9.00. The smallest absolute Gasteiger partial charge is 0.403 e. The molecule has 0 saturated carbocycles. The quantitative estimate of drug-likeness (QED) is 0.623. The van der Waals surface area contributed by atoms with E-state index in [1.165, 1.54) is 0 Å². The molecule has 2 aliphatic heterocycles. The van der Waals surface area contributed by atoms with E-state index in [0.717, 1.165) is 22.3 Å². The number of carbonyl (C=O) groups excluding carboxylic acids is 1. The summed E-state index contributed by atoms with van der Waals surface area (Å²) in [4.78, 5) is 12.7. The molecule has 2 unspecified atom stereocenters. The van der Waals surface area contributed by atoms with Gasteiger partial charge in [-0.05, 0) is 89.8 Å². The van der Waals surface area contributed by atoms with Crippen LogP contribution in [0, 0.1) is 0 Å². The standard InChI is InChI=1S/C28H37B2NO5/c1-25(2)26(3,4)34-29(33-25)22-18-12-10-11-13-19(18)23(30-35-27(5,6)28(7,8)36-30)21-16-17(24(32)31-9)14-15-20(21)22/h10-16,22-23H,1-9H3,(H,31,32). The number of hydrogen-bond acceptors (Lipinski definition) is 5. The van der Waals surface area contributed by atoms with Crippen molar-refractivity contribution in [1.82, 2.24) is 5.32 Å². The lowest BCUT2D eigenvalue weighted by Gasteiger charge is -2.36. The summed E-state index contributed by atoms with van der Waals surface area (Å²) in [6.45, 7) is 16.6. The summed E-state index contributed by atoms with van der Waals surface area (Å²) in [7, 11) is 0.671. The molecule has 6 nitrogen and oxygen atoms in total. The van der Waals surface area contributed by atoms with E-state index < -0.39 is 36.6 Å². The molecule has 0 bridgehead atoms. The van der Waals surface area contributed by atoms with E-state index in [0.29, 0.717) is 5.56 Å². The van der Waals surface area contributed by atoms with Crippen molar-refractivity contribution >= 4 is 20.1 Å². The average Bonchev–Trinajstić information content (AvgIpc) is 3.14. The van der Waals surface area contributed by atoms with Crippen molar-refractivity contribution in [3.05, 3.63) is 70.3 Å². The van der Waals surface area contributed by atoms with Crippen LogP contribution < -0.4 is 5.32 Å². The predicted molar refractivity (Wildman–Crippen MR) is 142 cm³/mol. The molecule has 0 spiro atoms. The second-order valence-corrected chi connectivity index (χ2v) is 12.3. The van der Waals surface area contributed by atoms with Gasteiger partial charge < -0.3 is 23.9 Å². The Labute approximate surface area is 215 Å². The summed E-state index contributed by atoms with van der Waals surface area (Å²) < 4.78 is 26.3. The minimum atomic E-state index is -0.505. The Hall–Kier alpha value is -2.12. The van der Waals surface area contributed by atoms with Gasteiger partial charge in [0.2, 0.25) is 0 Å². The van der Waals surface area contributed by atoms with Crippen molar-refractivity contribution in [2.75, 3.05) is 7.05 Å². The Morgan fingerprint density at radius 2 is 1.06 bits per heavy atom. The third-order valence-corrected chi connectivity index (χ3v) is 9.00. The molecule has 0 radical (unpaired) electrons. The zero-order valence-corrected chi connectivity index (χ0v) is 22.9. The summed E-state index contributed by atoms with van der Waals surface area (Å²) in [6.07, 6.45) is 0. The number of fused-ring (bicyclic) bond motifs is 2. The van der Waals surface area contributed by atoms with Gasteiger partial charge in [0.25, 0.3) is 5.91 Å². The molecule has 1 aliphatic carbocycles. The molecule has 2 aromatic rings. The molecule has 2 aromatic carbocycles. The fourth-order valence-electron chi connectivity index (χ4n) is 5.46. The average molecular weight is 489 g/mol. The summed E-state index contributed by atoms with van der Waals surface area (Å²) in [5.74, 6) is -0.494.